The van der Waals surface area contributed by atoms with Crippen molar-refractivity contribution in [2.75, 3.05) is 12.3 Å². The molecule has 1 aromatic heterocycles. The molecule has 1 aliphatic carbocycles. The Balaban J connectivity index is 2.19. The fourth-order valence-electron chi connectivity index (χ4n) is 2.50. The van der Waals surface area contributed by atoms with E-state index in [4.69, 9.17) is 5.73 Å². The van der Waals surface area contributed by atoms with Crippen LogP contribution in [0.15, 0.2) is 18.7 Å². The highest BCUT2D eigenvalue weighted by molar-refractivity contribution is 7.14. The van der Waals surface area contributed by atoms with Crippen molar-refractivity contribution >= 4 is 22.9 Å². The van der Waals surface area contributed by atoms with Crippen LogP contribution in [0.1, 0.15) is 40.2 Å². The first-order valence-corrected chi connectivity index (χ1v) is 7.23. The van der Waals surface area contributed by atoms with Crippen molar-refractivity contribution < 1.29 is 4.79 Å². The molecule has 1 saturated carbocycles. The molecule has 0 saturated heterocycles. The van der Waals surface area contributed by atoms with E-state index in [2.05, 4.69) is 6.58 Å². The summed E-state index contributed by atoms with van der Waals surface area (Å²) >= 11 is 1.48. The third kappa shape index (κ3) is 2.58. The first-order chi connectivity index (χ1) is 8.63. The fraction of sp³-hybridized carbons (Fsp3) is 0.500. The van der Waals surface area contributed by atoms with E-state index in [0.717, 1.165) is 22.6 Å². The van der Waals surface area contributed by atoms with Gasteiger partial charge in [0.05, 0.1) is 4.88 Å². The van der Waals surface area contributed by atoms with Crippen LogP contribution in [0.3, 0.4) is 0 Å². The van der Waals surface area contributed by atoms with Crippen molar-refractivity contribution in [1.82, 2.24) is 4.90 Å². The molecule has 0 radical (unpaired) electrons. The van der Waals surface area contributed by atoms with Crippen molar-refractivity contribution in [3.63, 3.8) is 0 Å². The number of rotatable bonds is 4. The highest BCUT2D eigenvalue weighted by Gasteiger charge is 2.27. The van der Waals surface area contributed by atoms with Crippen LogP contribution in [0, 0.1) is 6.92 Å². The Bertz CT molecular complexity index is 427. The van der Waals surface area contributed by atoms with Crippen molar-refractivity contribution in [3.05, 3.63) is 28.5 Å². The number of thiophene rings is 1. The maximum absolute atomic E-state index is 12.5. The van der Waals surface area contributed by atoms with Gasteiger partial charge in [0.15, 0.2) is 0 Å². The van der Waals surface area contributed by atoms with E-state index in [1.165, 1.54) is 24.2 Å². The first-order valence-electron chi connectivity index (χ1n) is 6.41. The number of aryl methyl sites for hydroxylation is 1. The Labute approximate surface area is 112 Å². The van der Waals surface area contributed by atoms with Gasteiger partial charge in [0, 0.05) is 23.2 Å². The molecule has 18 heavy (non-hydrogen) atoms. The standard InChI is InChI=1S/C14H20N2OS/c1-3-8-16(11-6-4-5-7-11)14(17)13-9-12(15)10(2)18-13/h3,9,11H,1,4-8,15H2,2H3. The minimum Gasteiger partial charge on any atom is -0.398 e. The van der Waals surface area contributed by atoms with Gasteiger partial charge in [-0.1, -0.05) is 18.9 Å². The molecule has 0 bridgehead atoms. The lowest BCUT2D eigenvalue weighted by molar-refractivity contribution is 0.0711. The van der Waals surface area contributed by atoms with Crippen molar-refractivity contribution in [2.45, 2.75) is 38.6 Å². The molecule has 2 rings (SSSR count). The number of amides is 1. The molecule has 98 valence electrons. The molecule has 0 unspecified atom stereocenters. The summed E-state index contributed by atoms with van der Waals surface area (Å²) in [7, 11) is 0. The summed E-state index contributed by atoms with van der Waals surface area (Å²) in [6, 6.07) is 2.17. The predicted octanol–water partition coefficient (Wildman–Crippen LogP) is 3.21. The monoisotopic (exact) mass is 264 g/mol. The van der Waals surface area contributed by atoms with Gasteiger partial charge < -0.3 is 10.6 Å². The fourth-order valence-corrected chi connectivity index (χ4v) is 3.39. The predicted molar refractivity (Wildman–Crippen MR) is 77.0 cm³/mol. The van der Waals surface area contributed by atoms with E-state index >= 15 is 0 Å². The van der Waals surface area contributed by atoms with Crippen LogP contribution in [0.2, 0.25) is 0 Å². The zero-order valence-electron chi connectivity index (χ0n) is 10.8. The van der Waals surface area contributed by atoms with Crippen LogP contribution in [0.5, 0.6) is 0 Å². The van der Waals surface area contributed by atoms with Crippen LogP contribution in [-0.4, -0.2) is 23.4 Å². The molecular formula is C14H20N2OS. The van der Waals surface area contributed by atoms with Gasteiger partial charge in [-0.3, -0.25) is 4.79 Å². The molecule has 3 nitrogen and oxygen atoms in total. The van der Waals surface area contributed by atoms with E-state index in [9.17, 15) is 4.79 Å². The minimum absolute atomic E-state index is 0.103. The van der Waals surface area contributed by atoms with Crippen LogP contribution in [-0.2, 0) is 0 Å². The Hall–Kier alpha value is -1.29. The molecule has 1 heterocycles. The molecule has 1 aromatic rings. The Kier molecular flexibility index (Phi) is 4.07. The maximum atomic E-state index is 12.5. The second kappa shape index (κ2) is 5.57. The van der Waals surface area contributed by atoms with Gasteiger partial charge in [0.25, 0.3) is 5.91 Å². The van der Waals surface area contributed by atoms with Gasteiger partial charge in [0.2, 0.25) is 0 Å². The molecule has 4 heteroatoms. The molecule has 0 aliphatic heterocycles. The lowest BCUT2D eigenvalue weighted by Gasteiger charge is -2.27. The Morgan fingerprint density at radius 1 is 1.61 bits per heavy atom. The number of carbonyl (C=O) groups excluding carboxylic acids is 1. The average molecular weight is 264 g/mol. The van der Waals surface area contributed by atoms with Gasteiger partial charge in [-0.05, 0) is 25.8 Å². The molecule has 0 aromatic carbocycles. The van der Waals surface area contributed by atoms with E-state index in [-0.39, 0.29) is 5.91 Å². The van der Waals surface area contributed by atoms with Crippen LogP contribution >= 0.6 is 11.3 Å². The van der Waals surface area contributed by atoms with E-state index in [0.29, 0.717) is 18.3 Å². The number of hydrogen-bond acceptors (Lipinski definition) is 3. The summed E-state index contributed by atoms with van der Waals surface area (Å²) in [5.74, 6) is 0.103. The first kappa shape index (κ1) is 13.1. The largest absolute Gasteiger partial charge is 0.398 e. The quantitative estimate of drug-likeness (QED) is 0.849. The molecule has 0 spiro atoms. The topological polar surface area (TPSA) is 46.3 Å². The van der Waals surface area contributed by atoms with Crippen LogP contribution in [0.4, 0.5) is 5.69 Å². The van der Waals surface area contributed by atoms with Gasteiger partial charge >= 0.3 is 0 Å². The highest BCUT2D eigenvalue weighted by atomic mass is 32.1. The van der Waals surface area contributed by atoms with E-state index in [1.54, 1.807) is 12.1 Å². The van der Waals surface area contributed by atoms with Crippen molar-refractivity contribution in [3.8, 4) is 0 Å². The molecule has 0 atom stereocenters. The normalized spacial score (nSPS) is 15.8. The lowest BCUT2D eigenvalue weighted by atomic mass is 10.2. The summed E-state index contributed by atoms with van der Waals surface area (Å²) in [4.78, 5) is 16.2. The molecule has 1 aliphatic rings. The molecule has 2 N–H and O–H groups in total. The summed E-state index contributed by atoms with van der Waals surface area (Å²) in [6.45, 7) is 6.33. The van der Waals surface area contributed by atoms with Crippen molar-refractivity contribution in [1.29, 1.82) is 0 Å². The number of nitrogens with two attached hydrogens (primary N) is 1. The second-order valence-corrected chi connectivity index (χ2v) is 6.06. The Morgan fingerprint density at radius 3 is 2.78 bits per heavy atom. The zero-order chi connectivity index (χ0) is 13.1. The summed E-state index contributed by atoms with van der Waals surface area (Å²) in [6.07, 6.45) is 6.47. The third-order valence-electron chi connectivity index (χ3n) is 3.52. The van der Waals surface area contributed by atoms with Gasteiger partial charge in [-0.2, -0.15) is 0 Å². The summed E-state index contributed by atoms with van der Waals surface area (Å²) in [5, 5.41) is 0. The van der Waals surface area contributed by atoms with Gasteiger partial charge in [-0.25, -0.2) is 0 Å². The minimum atomic E-state index is 0.103. The summed E-state index contributed by atoms with van der Waals surface area (Å²) in [5.41, 5.74) is 6.54. The van der Waals surface area contributed by atoms with Crippen LogP contribution in [0.25, 0.3) is 0 Å². The average Bonchev–Trinajstić information content (AvgIpc) is 2.97. The number of nitrogen functional groups attached to an aromatic ring is 1. The highest BCUT2D eigenvalue weighted by Crippen LogP contribution is 2.29. The number of anilines is 1. The second-order valence-electron chi connectivity index (χ2n) is 4.81. The van der Waals surface area contributed by atoms with Crippen LogP contribution < -0.4 is 5.73 Å². The SMILES string of the molecule is C=CCN(C(=O)c1cc(N)c(C)s1)C1CCCC1. The van der Waals surface area contributed by atoms with Gasteiger partial charge in [-0.15, -0.1) is 17.9 Å². The van der Waals surface area contributed by atoms with Crippen molar-refractivity contribution in [2.24, 2.45) is 0 Å². The van der Waals surface area contributed by atoms with E-state index in [1.807, 2.05) is 11.8 Å². The Morgan fingerprint density at radius 2 is 2.28 bits per heavy atom. The molecular weight excluding hydrogens is 244 g/mol. The lowest BCUT2D eigenvalue weighted by Crippen LogP contribution is -2.38. The smallest absolute Gasteiger partial charge is 0.264 e. The molecule has 1 amide bonds. The number of nitrogens with zero attached hydrogens (tertiary/aromatic N) is 1. The van der Waals surface area contributed by atoms with Gasteiger partial charge in [0.1, 0.15) is 0 Å². The van der Waals surface area contributed by atoms with E-state index < -0.39 is 0 Å². The maximum Gasteiger partial charge on any atom is 0.264 e. The zero-order valence-corrected chi connectivity index (χ0v) is 11.6. The summed E-state index contributed by atoms with van der Waals surface area (Å²) < 4.78 is 0. The number of carbonyl (C=O) groups is 1. The third-order valence-corrected chi connectivity index (χ3v) is 4.57. The molecule has 1 fully saturated rings. The number of hydrogen-bond donors (Lipinski definition) is 1.